The third kappa shape index (κ3) is 4.14. The number of benzene rings is 1. The van der Waals surface area contributed by atoms with E-state index < -0.39 is 0 Å². The van der Waals surface area contributed by atoms with Crippen molar-refractivity contribution in [3.8, 4) is 11.1 Å². The average molecular weight is 487 g/mol. The number of nitrogens with zero attached hydrogens (tertiary/aromatic N) is 5. The van der Waals surface area contributed by atoms with Gasteiger partial charge in [-0.3, -0.25) is 9.48 Å². The number of carbonyl (C=O) groups is 1. The standard InChI is InChI=1S/C27H27ClN6O/c1-16-5-6-29-26(34-7-3-4-8-34)25(16)18-9-17-11-24(30-14-22(17)23(28)10-18)32-27(35)21-12-20(21)19-13-31-33(2)15-19/h5-6,9-11,13-15,20-21H,3-4,7-8,12H2,1-2H3,(H,30,32,35). The molecule has 0 radical (unpaired) electrons. The van der Waals surface area contributed by atoms with Crippen molar-refractivity contribution in [2.45, 2.75) is 32.1 Å². The van der Waals surface area contributed by atoms with Crippen molar-refractivity contribution >= 4 is 39.9 Å². The molecule has 4 heterocycles. The lowest BCUT2D eigenvalue weighted by molar-refractivity contribution is -0.117. The Kier molecular flexibility index (Phi) is 5.44. The number of rotatable bonds is 5. The molecule has 1 saturated carbocycles. The van der Waals surface area contributed by atoms with Crippen molar-refractivity contribution in [2.75, 3.05) is 23.3 Å². The quantitative estimate of drug-likeness (QED) is 0.412. The number of halogens is 1. The summed E-state index contributed by atoms with van der Waals surface area (Å²) in [5.41, 5.74) is 4.40. The molecule has 7 nitrogen and oxygen atoms in total. The SMILES string of the molecule is Cc1ccnc(N2CCCC2)c1-c1cc(Cl)c2cnc(NC(=O)C3CC3c3cnn(C)c3)cc2c1. The number of fused-ring (bicyclic) bond motifs is 1. The Morgan fingerprint density at radius 2 is 1.97 bits per heavy atom. The lowest BCUT2D eigenvalue weighted by Gasteiger charge is -2.22. The van der Waals surface area contributed by atoms with E-state index in [1.54, 1.807) is 10.9 Å². The van der Waals surface area contributed by atoms with Gasteiger partial charge in [0.05, 0.1) is 11.2 Å². The van der Waals surface area contributed by atoms with Crippen molar-refractivity contribution in [1.82, 2.24) is 19.7 Å². The first-order valence-corrected chi connectivity index (χ1v) is 12.5. The summed E-state index contributed by atoms with van der Waals surface area (Å²) in [4.78, 5) is 24.4. The Bertz CT molecular complexity index is 1440. The number of hydrogen-bond acceptors (Lipinski definition) is 5. The summed E-state index contributed by atoms with van der Waals surface area (Å²) >= 11 is 6.71. The molecule has 35 heavy (non-hydrogen) atoms. The van der Waals surface area contributed by atoms with E-state index in [-0.39, 0.29) is 17.7 Å². The van der Waals surface area contributed by atoms with Gasteiger partial charge in [0.25, 0.3) is 0 Å². The highest BCUT2D eigenvalue weighted by molar-refractivity contribution is 6.36. The first kappa shape index (κ1) is 22.0. The van der Waals surface area contributed by atoms with Crippen molar-refractivity contribution in [3.63, 3.8) is 0 Å². The van der Waals surface area contributed by atoms with Crippen LogP contribution in [0, 0.1) is 12.8 Å². The molecule has 2 fully saturated rings. The molecule has 2 atom stereocenters. The molecule has 1 N–H and O–H groups in total. The van der Waals surface area contributed by atoms with E-state index in [4.69, 9.17) is 16.6 Å². The number of hydrogen-bond donors (Lipinski definition) is 1. The molecule has 178 valence electrons. The molecular formula is C27H27ClN6O. The Morgan fingerprint density at radius 1 is 1.14 bits per heavy atom. The Labute approximate surface area is 209 Å². The predicted molar refractivity (Wildman–Crippen MR) is 139 cm³/mol. The van der Waals surface area contributed by atoms with Crippen LogP contribution >= 0.6 is 11.6 Å². The van der Waals surface area contributed by atoms with E-state index in [2.05, 4.69) is 33.3 Å². The lowest BCUT2D eigenvalue weighted by Crippen LogP contribution is -2.20. The van der Waals surface area contributed by atoms with Gasteiger partial charge < -0.3 is 10.2 Å². The van der Waals surface area contributed by atoms with E-state index in [0.717, 1.165) is 58.4 Å². The zero-order valence-corrected chi connectivity index (χ0v) is 20.6. The molecule has 1 aromatic carbocycles. The summed E-state index contributed by atoms with van der Waals surface area (Å²) in [6.07, 6.45) is 10.6. The molecule has 2 aliphatic rings. The number of aryl methyl sites for hydroxylation is 2. The van der Waals surface area contributed by atoms with Crippen LogP contribution in [0.4, 0.5) is 11.6 Å². The molecule has 1 aliphatic heterocycles. The van der Waals surface area contributed by atoms with Crippen LogP contribution in [-0.4, -0.2) is 38.7 Å². The minimum Gasteiger partial charge on any atom is -0.356 e. The van der Waals surface area contributed by atoms with E-state index in [0.29, 0.717) is 10.8 Å². The highest BCUT2D eigenvalue weighted by atomic mass is 35.5. The molecule has 0 bridgehead atoms. The Balaban J connectivity index is 1.30. The van der Waals surface area contributed by atoms with Gasteiger partial charge in [-0.1, -0.05) is 11.6 Å². The van der Waals surface area contributed by atoms with E-state index >= 15 is 0 Å². The Morgan fingerprint density at radius 3 is 2.74 bits per heavy atom. The van der Waals surface area contributed by atoms with Gasteiger partial charge in [0.1, 0.15) is 11.6 Å². The number of carbonyl (C=O) groups excluding carboxylic acids is 1. The highest BCUT2D eigenvalue weighted by Crippen LogP contribution is 2.48. The van der Waals surface area contributed by atoms with E-state index in [9.17, 15) is 4.79 Å². The molecule has 1 aliphatic carbocycles. The van der Waals surface area contributed by atoms with Gasteiger partial charge in [0.2, 0.25) is 5.91 Å². The van der Waals surface area contributed by atoms with Crippen molar-refractivity contribution in [1.29, 1.82) is 0 Å². The maximum absolute atomic E-state index is 12.9. The van der Waals surface area contributed by atoms with Gasteiger partial charge in [0.15, 0.2) is 0 Å². The molecule has 6 rings (SSSR count). The monoisotopic (exact) mass is 486 g/mol. The number of pyridine rings is 2. The van der Waals surface area contributed by atoms with Gasteiger partial charge in [-0.2, -0.15) is 5.10 Å². The summed E-state index contributed by atoms with van der Waals surface area (Å²) in [5.74, 6) is 1.72. The second kappa shape index (κ2) is 8.64. The van der Waals surface area contributed by atoms with Crippen LogP contribution in [0.5, 0.6) is 0 Å². The summed E-state index contributed by atoms with van der Waals surface area (Å²) in [6, 6.07) is 8.07. The fourth-order valence-electron chi connectivity index (χ4n) is 5.20. The molecule has 0 spiro atoms. The molecular weight excluding hydrogens is 460 g/mol. The summed E-state index contributed by atoms with van der Waals surface area (Å²) < 4.78 is 1.77. The smallest absolute Gasteiger partial charge is 0.229 e. The molecule has 1 saturated heterocycles. The maximum Gasteiger partial charge on any atom is 0.229 e. The number of amides is 1. The van der Waals surface area contributed by atoms with Gasteiger partial charge in [-0.15, -0.1) is 0 Å². The van der Waals surface area contributed by atoms with Crippen LogP contribution in [0.25, 0.3) is 21.9 Å². The largest absolute Gasteiger partial charge is 0.356 e. The van der Waals surface area contributed by atoms with Crippen LogP contribution in [0.1, 0.15) is 36.3 Å². The third-order valence-corrected chi connectivity index (χ3v) is 7.46. The van der Waals surface area contributed by atoms with Crippen molar-refractivity contribution in [2.24, 2.45) is 13.0 Å². The minimum absolute atomic E-state index is 0.00706. The van der Waals surface area contributed by atoms with Gasteiger partial charge in [0, 0.05) is 55.6 Å². The lowest BCUT2D eigenvalue weighted by atomic mass is 9.98. The fourth-order valence-corrected chi connectivity index (χ4v) is 5.47. The zero-order chi connectivity index (χ0) is 24.1. The normalized spacial score (nSPS) is 19.3. The number of nitrogens with one attached hydrogen (secondary N) is 1. The number of anilines is 2. The summed E-state index contributed by atoms with van der Waals surface area (Å²) in [7, 11) is 1.89. The zero-order valence-electron chi connectivity index (χ0n) is 19.8. The highest BCUT2D eigenvalue weighted by Gasteiger charge is 2.44. The molecule has 3 aromatic heterocycles. The topological polar surface area (TPSA) is 75.9 Å². The summed E-state index contributed by atoms with van der Waals surface area (Å²) in [6.45, 7) is 4.15. The van der Waals surface area contributed by atoms with E-state index in [1.807, 2.05) is 43.8 Å². The predicted octanol–water partition coefficient (Wildman–Crippen LogP) is 5.33. The van der Waals surface area contributed by atoms with Crippen LogP contribution in [0.3, 0.4) is 0 Å². The molecule has 1 amide bonds. The molecule has 8 heteroatoms. The maximum atomic E-state index is 12.9. The first-order valence-electron chi connectivity index (χ1n) is 12.1. The van der Waals surface area contributed by atoms with Gasteiger partial charge >= 0.3 is 0 Å². The minimum atomic E-state index is -0.0484. The van der Waals surface area contributed by atoms with Crippen molar-refractivity contribution in [3.05, 3.63) is 65.2 Å². The summed E-state index contributed by atoms with van der Waals surface area (Å²) in [5, 5.41) is 9.66. The van der Waals surface area contributed by atoms with Crippen LogP contribution < -0.4 is 10.2 Å². The Hall–Kier alpha value is -3.45. The fraction of sp³-hybridized carbons (Fsp3) is 0.333. The second-order valence-electron chi connectivity index (χ2n) is 9.65. The average Bonchev–Trinajstić information content (AvgIpc) is 3.21. The van der Waals surface area contributed by atoms with E-state index in [1.165, 1.54) is 12.8 Å². The first-order chi connectivity index (χ1) is 17.0. The third-order valence-electron chi connectivity index (χ3n) is 7.15. The number of aromatic nitrogens is 4. The molecule has 2 unspecified atom stereocenters. The van der Waals surface area contributed by atoms with Crippen LogP contribution in [-0.2, 0) is 11.8 Å². The van der Waals surface area contributed by atoms with Crippen LogP contribution in [0.2, 0.25) is 5.02 Å². The molecule has 4 aromatic rings. The van der Waals surface area contributed by atoms with Crippen molar-refractivity contribution < 1.29 is 4.79 Å². The van der Waals surface area contributed by atoms with Gasteiger partial charge in [-0.05, 0) is 78.4 Å². The van der Waals surface area contributed by atoms with Crippen LogP contribution in [0.15, 0.2) is 49.1 Å². The van der Waals surface area contributed by atoms with Gasteiger partial charge in [-0.25, -0.2) is 9.97 Å². The second-order valence-corrected chi connectivity index (χ2v) is 10.1.